The van der Waals surface area contributed by atoms with Gasteiger partial charge >= 0.3 is 0 Å². The summed E-state index contributed by atoms with van der Waals surface area (Å²) in [6.45, 7) is 6.99. The van der Waals surface area contributed by atoms with Gasteiger partial charge in [0.05, 0.1) is 17.8 Å². The molecule has 1 saturated heterocycles. The zero-order valence-corrected chi connectivity index (χ0v) is 11.4. The molecule has 100 valence electrons. The Balaban J connectivity index is 2.23. The van der Waals surface area contributed by atoms with Crippen LogP contribution in [0, 0.1) is 11.3 Å². The molecule has 17 heavy (non-hydrogen) atoms. The van der Waals surface area contributed by atoms with Crippen LogP contribution in [0.15, 0.2) is 0 Å². The van der Waals surface area contributed by atoms with E-state index in [1.54, 1.807) is 0 Å². The van der Waals surface area contributed by atoms with Crippen LogP contribution >= 0.6 is 0 Å². The van der Waals surface area contributed by atoms with Crippen LogP contribution in [-0.4, -0.2) is 29.5 Å². The summed E-state index contributed by atoms with van der Waals surface area (Å²) in [5.74, 6) is 0.691. The summed E-state index contributed by atoms with van der Waals surface area (Å²) >= 11 is 0. The van der Waals surface area contributed by atoms with Gasteiger partial charge in [-0.25, -0.2) is 0 Å². The van der Waals surface area contributed by atoms with Crippen LogP contribution in [0.5, 0.6) is 0 Å². The third-order valence-corrected chi connectivity index (χ3v) is 4.95. The zero-order valence-electron chi connectivity index (χ0n) is 11.4. The quantitative estimate of drug-likeness (QED) is 0.778. The molecule has 0 spiro atoms. The van der Waals surface area contributed by atoms with Crippen LogP contribution in [0.2, 0.25) is 0 Å². The topological polar surface area (TPSA) is 55.5 Å². The highest BCUT2D eigenvalue weighted by Crippen LogP contribution is 2.53. The molecule has 3 N–H and O–H groups in total. The summed E-state index contributed by atoms with van der Waals surface area (Å²) in [6, 6.07) is 0. The van der Waals surface area contributed by atoms with Gasteiger partial charge in [-0.1, -0.05) is 13.3 Å². The van der Waals surface area contributed by atoms with E-state index < -0.39 is 5.60 Å². The zero-order chi connectivity index (χ0) is 12.7. The highest BCUT2D eigenvalue weighted by Gasteiger charge is 2.54. The summed E-state index contributed by atoms with van der Waals surface area (Å²) in [6.07, 6.45) is 5.09. The van der Waals surface area contributed by atoms with Crippen LogP contribution in [0.3, 0.4) is 0 Å². The van der Waals surface area contributed by atoms with Gasteiger partial charge < -0.3 is 15.6 Å². The largest absolute Gasteiger partial charge is 0.389 e. The third kappa shape index (κ3) is 2.25. The molecule has 1 saturated carbocycles. The van der Waals surface area contributed by atoms with Gasteiger partial charge in [-0.3, -0.25) is 0 Å². The van der Waals surface area contributed by atoms with Crippen molar-refractivity contribution in [3.63, 3.8) is 0 Å². The molecule has 2 rings (SSSR count). The maximum atomic E-state index is 11.1. The number of hydrogen-bond acceptors (Lipinski definition) is 3. The second-order valence-electron chi connectivity index (χ2n) is 6.53. The highest BCUT2D eigenvalue weighted by molar-refractivity contribution is 5.06. The van der Waals surface area contributed by atoms with Gasteiger partial charge in [0, 0.05) is 24.8 Å². The fourth-order valence-electron chi connectivity index (χ4n) is 4.15. The van der Waals surface area contributed by atoms with E-state index in [-0.39, 0.29) is 17.6 Å². The molecule has 4 atom stereocenters. The van der Waals surface area contributed by atoms with E-state index in [9.17, 15) is 5.11 Å². The maximum absolute atomic E-state index is 11.1. The number of aliphatic hydroxyl groups is 1. The standard InChI is InChI=1S/C14H27NO2/c1-10-4-5-13(6-10,9-15)14(16)7-11(2)17-12(3)8-14/h10-12,16H,4-9,15H2,1-3H3. The Labute approximate surface area is 105 Å². The van der Waals surface area contributed by atoms with Gasteiger partial charge in [0.25, 0.3) is 0 Å². The van der Waals surface area contributed by atoms with E-state index >= 15 is 0 Å². The first-order chi connectivity index (χ1) is 7.91. The average Bonchev–Trinajstić information content (AvgIpc) is 2.59. The van der Waals surface area contributed by atoms with E-state index in [1.165, 1.54) is 6.42 Å². The van der Waals surface area contributed by atoms with Gasteiger partial charge in [-0.2, -0.15) is 0 Å². The van der Waals surface area contributed by atoms with Crippen molar-refractivity contribution in [3.05, 3.63) is 0 Å². The lowest BCUT2D eigenvalue weighted by Gasteiger charge is -2.50. The fraction of sp³-hybridized carbons (Fsp3) is 1.00. The smallest absolute Gasteiger partial charge is 0.0764 e. The van der Waals surface area contributed by atoms with Crippen molar-refractivity contribution in [3.8, 4) is 0 Å². The van der Waals surface area contributed by atoms with Crippen LogP contribution in [0.1, 0.15) is 52.9 Å². The predicted molar refractivity (Wildman–Crippen MR) is 68.7 cm³/mol. The van der Waals surface area contributed by atoms with Gasteiger partial charge in [-0.05, 0) is 32.6 Å². The molecule has 3 nitrogen and oxygen atoms in total. The molecule has 1 heterocycles. The lowest BCUT2D eigenvalue weighted by molar-refractivity contribution is -0.184. The Kier molecular flexibility index (Phi) is 3.54. The molecule has 0 aromatic rings. The lowest BCUT2D eigenvalue weighted by atomic mass is 9.64. The second-order valence-corrected chi connectivity index (χ2v) is 6.53. The second kappa shape index (κ2) is 4.52. The number of nitrogens with two attached hydrogens (primary N) is 1. The number of hydrogen-bond donors (Lipinski definition) is 2. The molecule has 0 aromatic carbocycles. The summed E-state index contributed by atoms with van der Waals surface area (Å²) in [7, 11) is 0. The minimum absolute atomic E-state index is 0.0707. The van der Waals surface area contributed by atoms with Gasteiger partial charge in [0.2, 0.25) is 0 Å². The van der Waals surface area contributed by atoms with Gasteiger partial charge in [-0.15, -0.1) is 0 Å². The maximum Gasteiger partial charge on any atom is 0.0764 e. The minimum atomic E-state index is -0.621. The molecule has 1 aliphatic carbocycles. The Bertz CT molecular complexity index is 271. The van der Waals surface area contributed by atoms with Gasteiger partial charge in [0.1, 0.15) is 0 Å². The van der Waals surface area contributed by atoms with Crippen LogP contribution < -0.4 is 5.73 Å². The first-order valence-corrected chi connectivity index (χ1v) is 6.99. The molecule has 0 radical (unpaired) electrons. The summed E-state index contributed by atoms with van der Waals surface area (Å²) < 4.78 is 5.76. The Hall–Kier alpha value is -0.120. The van der Waals surface area contributed by atoms with Crippen molar-refractivity contribution in [1.29, 1.82) is 0 Å². The summed E-state index contributed by atoms with van der Waals surface area (Å²) in [5, 5.41) is 11.1. The van der Waals surface area contributed by atoms with E-state index in [4.69, 9.17) is 10.5 Å². The van der Waals surface area contributed by atoms with E-state index in [2.05, 4.69) is 20.8 Å². The van der Waals surface area contributed by atoms with Gasteiger partial charge in [0.15, 0.2) is 0 Å². The van der Waals surface area contributed by atoms with Crippen molar-refractivity contribution in [2.45, 2.75) is 70.7 Å². The molecule has 1 aliphatic heterocycles. The number of ether oxygens (including phenoxy) is 1. The van der Waals surface area contributed by atoms with Crippen molar-refractivity contribution in [2.24, 2.45) is 17.1 Å². The Morgan fingerprint density at radius 2 is 1.76 bits per heavy atom. The van der Waals surface area contributed by atoms with Crippen molar-refractivity contribution < 1.29 is 9.84 Å². The fourth-order valence-corrected chi connectivity index (χ4v) is 4.15. The molecule has 2 fully saturated rings. The number of rotatable bonds is 2. The van der Waals surface area contributed by atoms with Crippen LogP contribution in [-0.2, 0) is 4.74 Å². The monoisotopic (exact) mass is 241 g/mol. The van der Waals surface area contributed by atoms with E-state index in [0.717, 1.165) is 25.7 Å². The Morgan fingerprint density at radius 1 is 1.18 bits per heavy atom. The first kappa shape index (κ1) is 13.3. The lowest BCUT2D eigenvalue weighted by Crippen LogP contribution is -2.57. The molecule has 0 aromatic heterocycles. The van der Waals surface area contributed by atoms with Crippen molar-refractivity contribution in [1.82, 2.24) is 0 Å². The molecule has 0 amide bonds. The molecule has 4 unspecified atom stereocenters. The van der Waals surface area contributed by atoms with Crippen molar-refractivity contribution >= 4 is 0 Å². The molecule has 2 aliphatic rings. The Morgan fingerprint density at radius 3 is 2.18 bits per heavy atom. The van der Waals surface area contributed by atoms with Crippen molar-refractivity contribution in [2.75, 3.05) is 6.54 Å². The van der Waals surface area contributed by atoms with Crippen LogP contribution in [0.4, 0.5) is 0 Å². The summed E-state index contributed by atoms with van der Waals surface area (Å²) in [4.78, 5) is 0. The highest BCUT2D eigenvalue weighted by atomic mass is 16.5. The molecular formula is C14H27NO2. The van der Waals surface area contributed by atoms with Crippen LogP contribution in [0.25, 0.3) is 0 Å². The first-order valence-electron chi connectivity index (χ1n) is 6.99. The average molecular weight is 241 g/mol. The molecule has 3 heteroatoms. The SMILES string of the molecule is CC1CCC(CN)(C2(O)CC(C)OC(C)C2)C1. The normalized spacial score (nSPS) is 51.7. The molecular weight excluding hydrogens is 214 g/mol. The van der Waals surface area contributed by atoms with E-state index in [0.29, 0.717) is 12.5 Å². The van der Waals surface area contributed by atoms with E-state index in [1.807, 2.05) is 0 Å². The summed E-state index contributed by atoms with van der Waals surface area (Å²) in [5.41, 5.74) is 5.34. The molecule has 0 bridgehead atoms. The minimum Gasteiger partial charge on any atom is -0.389 e. The predicted octanol–water partition coefficient (Wildman–Crippen LogP) is 2.07. The third-order valence-electron chi connectivity index (χ3n) is 4.95.